The minimum Gasteiger partial charge on any atom is -0.456 e. The Kier molecular flexibility index (Phi) is 8.62. The molecule has 6 rings (SSSR count). The van der Waals surface area contributed by atoms with Crippen molar-refractivity contribution < 1.29 is 33.3 Å². The highest BCUT2D eigenvalue weighted by Crippen LogP contribution is 2.57. The molecule has 0 aliphatic carbocycles. The molecule has 0 atom stereocenters. The van der Waals surface area contributed by atoms with Crippen LogP contribution in [0.4, 0.5) is 0 Å². The number of aromatic nitrogens is 1. The molecule has 48 heavy (non-hydrogen) atoms. The van der Waals surface area contributed by atoms with E-state index in [1.54, 1.807) is 77.9 Å². The predicted octanol–water partition coefficient (Wildman–Crippen LogP) is 8.51. The van der Waals surface area contributed by atoms with E-state index in [1.807, 2.05) is 30.5 Å². The highest BCUT2D eigenvalue weighted by molar-refractivity contribution is 5.97. The number of carbonyl (C=O) groups is 3. The molecule has 8 nitrogen and oxygen atoms in total. The van der Waals surface area contributed by atoms with Crippen molar-refractivity contribution in [1.29, 1.82) is 0 Å². The van der Waals surface area contributed by atoms with Crippen molar-refractivity contribution in [1.82, 2.24) is 4.98 Å². The number of hydrogen-bond donors (Lipinski definition) is 0. The molecule has 0 saturated heterocycles. The largest absolute Gasteiger partial charge is 0.456 e. The number of aryl methyl sites for hydroxylation is 2. The van der Waals surface area contributed by atoms with Crippen LogP contribution in [0.25, 0.3) is 0 Å². The van der Waals surface area contributed by atoms with E-state index in [2.05, 4.69) is 17.1 Å². The molecule has 2 aliphatic rings. The Morgan fingerprint density at radius 2 is 1.31 bits per heavy atom. The number of nitrogens with zero attached hydrogens (tertiary/aromatic N) is 1. The third kappa shape index (κ3) is 6.44. The zero-order chi connectivity index (χ0) is 34.3. The maximum absolute atomic E-state index is 13.5. The van der Waals surface area contributed by atoms with Gasteiger partial charge in [-0.2, -0.15) is 0 Å². The smallest absolute Gasteiger partial charge is 0.340 e. The van der Waals surface area contributed by atoms with Crippen molar-refractivity contribution in [3.8, 4) is 23.0 Å². The standard InChI is InChI=1S/C40H41NO7/c1-38(2,3)36(43)45-27-16-19-30-33(23-27)47-34-24-28(46-37(44)39(4,5)6)17-20-31(34)40(30)32-22-25(15-18-29(32)35(42)48-40)12-8-7-9-13-26-14-10-11-21-41-26/h10-11,14-24H,7-9,12-13H2,1-6H3. The average Bonchev–Trinajstić information content (AvgIpc) is 3.32. The first-order chi connectivity index (χ1) is 22.8. The van der Waals surface area contributed by atoms with E-state index in [0.29, 0.717) is 45.3 Å². The monoisotopic (exact) mass is 647 g/mol. The third-order valence-corrected chi connectivity index (χ3v) is 8.58. The topological polar surface area (TPSA) is 101 Å². The van der Waals surface area contributed by atoms with E-state index < -0.39 is 34.3 Å². The molecular formula is C40H41NO7. The molecule has 0 radical (unpaired) electrons. The summed E-state index contributed by atoms with van der Waals surface area (Å²) >= 11 is 0. The molecule has 0 saturated carbocycles. The maximum Gasteiger partial charge on any atom is 0.340 e. The van der Waals surface area contributed by atoms with E-state index in [1.165, 1.54) is 0 Å². The number of rotatable bonds is 8. The van der Waals surface area contributed by atoms with Crippen LogP contribution in [-0.2, 0) is 32.8 Å². The molecular weight excluding hydrogens is 606 g/mol. The molecule has 4 aromatic rings. The molecule has 0 amide bonds. The summed E-state index contributed by atoms with van der Waals surface area (Å²) in [6.07, 6.45) is 6.65. The van der Waals surface area contributed by atoms with Gasteiger partial charge in [0.1, 0.15) is 23.0 Å². The van der Waals surface area contributed by atoms with Gasteiger partial charge in [-0.25, -0.2) is 4.79 Å². The lowest BCUT2D eigenvalue weighted by atomic mass is 9.77. The van der Waals surface area contributed by atoms with Crippen LogP contribution >= 0.6 is 0 Å². The van der Waals surface area contributed by atoms with Crippen molar-refractivity contribution in [2.45, 2.75) is 79.2 Å². The van der Waals surface area contributed by atoms with Crippen LogP contribution in [0.1, 0.15) is 99.1 Å². The number of esters is 3. The van der Waals surface area contributed by atoms with E-state index in [4.69, 9.17) is 18.9 Å². The average molecular weight is 648 g/mol. The summed E-state index contributed by atoms with van der Waals surface area (Å²) in [6.45, 7) is 10.7. The van der Waals surface area contributed by atoms with Gasteiger partial charge >= 0.3 is 17.9 Å². The fraction of sp³-hybridized carbons (Fsp3) is 0.350. The fourth-order valence-corrected chi connectivity index (χ4v) is 5.89. The number of unbranched alkanes of at least 4 members (excludes halogenated alkanes) is 2. The number of benzene rings is 3. The lowest BCUT2D eigenvalue weighted by Gasteiger charge is -2.37. The normalized spacial score (nSPS) is 14.3. The SMILES string of the molecule is CC(C)(C)C(=O)Oc1ccc2c(c1)Oc1cc(OC(=O)C(C)(C)C)ccc1C21OC(=O)c2ccc(CCCCCc3ccccn3)cc21. The van der Waals surface area contributed by atoms with Crippen LogP contribution in [0, 0.1) is 10.8 Å². The zero-order valence-corrected chi connectivity index (χ0v) is 28.3. The molecule has 0 N–H and O–H groups in total. The Labute approximate surface area is 281 Å². The Bertz CT molecular complexity index is 1800. The van der Waals surface area contributed by atoms with Crippen LogP contribution in [-0.4, -0.2) is 22.9 Å². The van der Waals surface area contributed by atoms with Crippen LogP contribution in [0.5, 0.6) is 23.0 Å². The van der Waals surface area contributed by atoms with Crippen molar-refractivity contribution in [3.63, 3.8) is 0 Å². The third-order valence-electron chi connectivity index (χ3n) is 8.58. The summed E-state index contributed by atoms with van der Waals surface area (Å²) in [5.74, 6) is 0.0812. The van der Waals surface area contributed by atoms with Gasteiger partial charge in [-0.3, -0.25) is 14.6 Å². The van der Waals surface area contributed by atoms with E-state index in [-0.39, 0.29) is 0 Å². The molecule has 8 heteroatoms. The summed E-state index contributed by atoms with van der Waals surface area (Å²) in [7, 11) is 0. The van der Waals surface area contributed by atoms with Gasteiger partial charge in [0.05, 0.1) is 16.4 Å². The number of ether oxygens (including phenoxy) is 4. The Morgan fingerprint density at radius 3 is 1.88 bits per heavy atom. The summed E-state index contributed by atoms with van der Waals surface area (Å²) in [6, 6.07) is 22.1. The Balaban J connectivity index is 1.37. The molecule has 0 fully saturated rings. The Morgan fingerprint density at radius 1 is 0.708 bits per heavy atom. The van der Waals surface area contributed by atoms with Gasteiger partial charge in [0.15, 0.2) is 5.60 Å². The van der Waals surface area contributed by atoms with E-state index >= 15 is 0 Å². The number of fused-ring (bicyclic) bond motifs is 6. The van der Waals surface area contributed by atoms with Crippen LogP contribution < -0.4 is 14.2 Å². The summed E-state index contributed by atoms with van der Waals surface area (Å²) in [4.78, 5) is 43.4. The number of hydrogen-bond acceptors (Lipinski definition) is 8. The second kappa shape index (κ2) is 12.6. The van der Waals surface area contributed by atoms with E-state index in [9.17, 15) is 14.4 Å². The first-order valence-electron chi connectivity index (χ1n) is 16.4. The van der Waals surface area contributed by atoms with Crippen LogP contribution in [0.15, 0.2) is 79.0 Å². The van der Waals surface area contributed by atoms with Gasteiger partial charge in [0.25, 0.3) is 0 Å². The first-order valence-corrected chi connectivity index (χ1v) is 16.4. The van der Waals surface area contributed by atoms with Crippen molar-refractivity contribution in [2.24, 2.45) is 10.8 Å². The summed E-state index contributed by atoms with van der Waals surface area (Å²) in [5.41, 5.74) is 1.80. The van der Waals surface area contributed by atoms with Gasteiger partial charge in [0, 0.05) is 40.7 Å². The Hall–Kier alpha value is -4.98. The maximum atomic E-state index is 13.5. The minimum absolute atomic E-state index is 0.298. The molecule has 0 bridgehead atoms. The van der Waals surface area contributed by atoms with E-state index in [0.717, 1.165) is 43.4 Å². The predicted molar refractivity (Wildman–Crippen MR) is 180 cm³/mol. The van der Waals surface area contributed by atoms with Gasteiger partial charge in [-0.1, -0.05) is 24.6 Å². The highest BCUT2D eigenvalue weighted by atomic mass is 16.6. The van der Waals surface area contributed by atoms with Crippen LogP contribution in [0.2, 0.25) is 0 Å². The molecule has 1 spiro atoms. The van der Waals surface area contributed by atoms with Gasteiger partial charge in [-0.05, 0) is 115 Å². The number of pyridine rings is 1. The summed E-state index contributed by atoms with van der Waals surface area (Å²) in [5, 5.41) is 0. The fourth-order valence-electron chi connectivity index (χ4n) is 5.89. The quantitative estimate of drug-likeness (QED) is 0.107. The van der Waals surface area contributed by atoms with Gasteiger partial charge < -0.3 is 18.9 Å². The van der Waals surface area contributed by atoms with Gasteiger partial charge in [0.2, 0.25) is 0 Å². The molecule has 3 aromatic carbocycles. The second-order valence-corrected chi connectivity index (χ2v) is 14.5. The highest BCUT2D eigenvalue weighted by Gasteiger charge is 2.54. The second-order valence-electron chi connectivity index (χ2n) is 14.5. The lowest BCUT2D eigenvalue weighted by Crippen LogP contribution is -2.33. The summed E-state index contributed by atoms with van der Waals surface area (Å²) < 4.78 is 24.2. The number of carbonyl (C=O) groups excluding carboxylic acids is 3. The molecule has 1 aromatic heterocycles. The molecule has 0 unspecified atom stereocenters. The van der Waals surface area contributed by atoms with Crippen molar-refractivity contribution in [3.05, 3.63) is 113 Å². The molecule has 248 valence electrons. The first kappa shape index (κ1) is 32.9. The lowest BCUT2D eigenvalue weighted by molar-refractivity contribution is -0.143. The van der Waals surface area contributed by atoms with Gasteiger partial charge in [-0.15, -0.1) is 0 Å². The molecule has 2 aliphatic heterocycles. The zero-order valence-electron chi connectivity index (χ0n) is 28.3. The van der Waals surface area contributed by atoms with Crippen molar-refractivity contribution in [2.75, 3.05) is 0 Å². The van der Waals surface area contributed by atoms with Crippen molar-refractivity contribution >= 4 is 17.9 Å². The van der Waals surface area contributed by atoms with Crippen LogP contribution in [0.3, 0.4) is 0 Å². The minimum atomic E-state index is -1.33. The molecule has 3 heterocycles.